The third-order valence-corrected chi connectivity index (χ3v) is 10.8. The summed E-state index contributed by atoms with van der Waals surface area (Å²) in [4.78, 5) is 13.6. The normalized spacial score (nSPS) is 27.9. The minimum absolute atomic E-state index is 0.0170. The second kappa shape index (κ2) is 12.7. The standard InChI is InChI=1S/C30H39F2N3O4S/c31-23-10-8-20(9-11-23)29(22-5-2-14-39-19-22)30(33)28(36)16-21-4-1-7-27(32)26(21)13-12-25-17-34-24-6-3-15-40(37,38)35(25)18-24/h1,4,7-11,22,24-25,29-30,34H,2-3,5-6,12-19,33H2/t22?,24-,25+,29+,30-/m1/s1. The molecule has 0 aliphatic carbocycles. The van der Waals surface area contributed by atoms with Crippen molar-refractivity contribution in [2.45, 2.75) is 69.0 Å². The van der Waals surface area contributed by atoms with Crippen molar-refractivity contribution in [1.29, 1.82) is 0 Å². The molecule has 0 aromatic heterocycles. The largest absolute Gasteiger partial charge is 0.381 e. The van der Waals surface area contributed by atoms with E-state index in [4.69, 9.17) is 10.5 Å². The molecule has 10 heteroatoms. The zero-order valence-corrected chi connectivity index (χ0v) is 23.6. The van der Waals surface area contributed by atoms with Crippen molar-refractivity contribution >= 4 is 15.8 Å². The summed E-state index contributed by atoms with van der Waals surface area (Å²) < 4.78 is 61.8. The number of piperazine rings is 1. The maximum atomic E-state index is 15.1. The smallest absolute Gasteiger partial charge is 0.214 e. The maximum absolute atomic E-state index is 15.1. The quantitative estimate of drug-likeness (QED) is 0.476. The van der Waals surface area contributed by atoms with Crippen molar-refractivity contribution in [3.63, 3.8) is 0 Å². The van der Waals surface area contributed by atoms with Gasteiger partial charge >= 0.3 is 0 Å². The number of carbonyl (C=O) groups excluding carboxylic acids is 1. The summed E-state index contributed by atoms with van der Waals surface area (Å²) in [5.74, 6) is -1.18. The number of nitrogens with one attached hydrogen (secondary N) is 1. The zero-order chi connectivity index (χ0) is 28.3. The van der Waals surface area contributed by atoms with Gasteiger partial charge in [0.25, 0.3) is 0 Å². The minimum atomic E-state index is -3.35. The second-order valence-electron chi connectivity index (χ2n) is 11.4. The Morgan fingerprint density at radius 3 is 2.67 bits per heavy atom. The van der Waals surface area contributed by atoms with Gasteiger partial charge in [-0.1, -0.05) is 24.3 Å². The van der Waals surface area contributed by atoms with Gasteiger partial charge in [0.1, 0.15) is 11.6 Å². The van der Waals surface area contributed by atoms with Gasteiger partial charge in [-0.2, -0.15) is 4.31 Å². The number of Topliss-reactive ketones (excluding diaryl/α,β-unsaturated/α-hetero) is 1. The first-order chi connectivity index (χ1) is 19.2. The van der Waals surface area contributed by atoms with Crippen LogP contribution in [0.4, 0.5) is 8.78 Å². The molecule has 3 heterocycles. The first kappa shape index (κ1) is 29.3. The van der Waals surface area contributed by atoms with E-state index in [-0.39, 0.29) is 47.7 Å². The third-order valence-electron chi connectivity index (χ3n) is 8.79. The average molecular weight is 576 g/mol. The zero-order valence-electron chi connectivity index (χ0n) is 22.7. The van der Waals surface area contributed by atoms with E-state index >= 15 is 4.39 Å². The number of ether oxygens (including phenoxy) is 1. The van der Waals surface area contributed by atoms with E-state index in [9.17, 15) is 17.6 Å². The molecule has 40 heavy (non-hydrogen) atoms. The van der Waals surface area contributed by atoms with Crippen LogP contribution in [0.2, 0.25) is 0 Å². The van der Waals surface area contributed by atoms with Gasteiger partial charge in [-0.25, -0.2) is 17.2 Å². The molecule has 3 fully saturated rings. The Kier molecular flexibility index (Phi) is 9.31. The van der Waals surface area contributed by atoms with E-state index in [1.807, 2.05) is 0 Å². The van der Waals surface area contributed by atoms with Crippen LogP contribution in [0, 0.1) is 17.6 Å². The Morgan fingerprint density at radius 2 is 1.93 bits per heavy atom. The van der Waals surface area contributed by atoms with Gasteiger partial charge in [-0.05, 0) is 79.3 Å². The average Bonchev–Trinajstić information content (AvgIpc) is 3.06. The first-order valence-electron chi connectivity index (χ1n) is 14.3. The Hall–Kier alpha value is -2.24. The Morgan fingerprint density at radius 1 is 1.12 bits per heavy atom. The van der Waals surface area contributed by atoms with E-state index in [1.165, 1.54) is 18.2 Å². The van der Waals surface area contributed by atoms with Crippen molar-refractivity contribution in [3.05, 3.63) is 70.8 Å². The lowest BCUT2D eigenvalue weighted by atomic mass is 9.76. The van der Waals surface area contributed by atoms with Crippen molar-refractivity contribution < 1.29 is 26.7 Å². The van der Waals surface area contributed by atoms with Crippen molar-refractivity contribution in [2.24, 2.45) is 11.7 Å². The van der Waals surface area contributed by atoms with Crippen molar-refractivity contribution in [3.8, 4) is 0 Å². The predicted molar refractivity (Wildman–Crippen MR) is 149 cm³/mol. The first-order valence-corrected chi connectivity index (χ1v) is 15.9. The number of fused-ring (bicyclic) bond motifs is 2. The molecular weight excluding hydrogens is 536 g/mol. The molecule has 7 nitrogen and oxygen atoms in total. The lowest BCUT2D eigenvalue weighted by molar-refractivity contribution is -0.120. The van der Waals surface area contributed by atoms with E-state index in [2.05, 4.69) is 5.32 Å². The molecular formula is C30H39F2N3O4S. The maximum Gasteiger partial charge on any atom is 0.214 e. The number of hydrogen-bond donors (Lipinski definition) is 2. The molecule has 0 amide bonds. The molecule has 2 aromatic rings. The Bertz CT molecular complexity index is 1280. The van der Waals surface area contributed by atoms with Crippen LogP contribution in [0.3, 0.4) is 0 Å². The summed E-state index contributed by atoms with van der Waals surface area (Å²) in [5, 5.41) is 3.45. The molecule has 6 atom stereocenters. The number of hydrogen-bond acceptors (Lipinski definition) is 6. The van der Waals surface area contributed by atoms with E-state index in [1.54, 1.807) is 28.6 Å². The lowest BCUT2D eigenvalue weighted by Gasteiger charge is -2.37. The van der Waals surface area contributed by atoms with Crippen LogP contribution in [0.25, 0.3) is 0 Å². The molecule has 2 bridgehead atoms. The number of nitrogens with two attached hydrogens (primary N) is 1. The van der Waals surface area contributed by atoms with Crippen molar-refractivity contribution in [2.75, 3.05) is 32.1 Å². The Labute approximate surface area is 235 Å². The fourth-order valence-electron chi connectivity index (χ4n) is 6.62. The summed E-state index contributed by atoms with van der Waals surface area (Å²) in [6, 6.07) is 9.84. The molecule has 0 spiro atoms. The number of rotatable bonds is 9. The van der Waals surface area contributed by atoms with Crippen LogP contribution in [0.5, 0.6) is 0 Å². The number of sulfonamides is 1. The highest BCUT2D eigenvalue weighted by Crippen LogP contribution is 2.34. The van der Waals surface area contributed by atoms with Crippen LogP contribution < -0.4 is 11.1 Å². The highest BCUT2D eigenvalue weighted by atomic mass is 32.2. The number of nitrogens with zero attached hydrogens (tertiary/aromatic N) is 1. The summed E-state index contributed by atoms with van der Waals surface area (Å²) in [7, 11) is -3.35. The van der Waals surface area contributed by atoms with Gasteiger partial charge in [0.05, 0.1) is 18.4 Å². The van der Waals surface area contributed by atoms with Crippen LogP contribution in [0.15, 0.2) is 42.5 Å². The summed E-state index contributed by atoms with van der Waals surface area (Å²) >= 11 is 0. The van der Waals surface area contributed by atoms with Crippen LogP contribution >= 0.6 is 0 Å². The van der Waals surface area contributed by atoms with E-state index in [0.717, 1.165) is 24.8 Å². The highest BCUT2D eigenvalue weighted by molar-refractivity contribution is 7.89. The second-order valence-corrected chi connectivity index (χ2v) is 13.5. The number of carbonyl (C=O) groups is 1. The molecule has 218 valence electrons. The summed E-state index contributed by atoms with van der Waals surface area (Å²) in [6.45, 7) is 2.11. The molecule has 3 N–H and O–H groups in total. The van der Waals surface area contributed by atoms with Crippen molar-refractivity contribution in [1.82, 2.24) is 9.62 Å². The SMILES string of the molecule is N[C@H](C(=O)Cc1cccc(F)c1CC[C@H]1CN[C@@H]2CCCS(=O)(=O)N1C2)[C@@H](c1ccc(F)cc1)C1CCCOC1. The fourth-order valence-corrected chi connectivity index (χ4v) is 8.42. The number of ketones is 1. The highest BCUT2D eigenvalue weighted by Gasteiger charge is 2.38. The summed E-state index contributed by atoms with van der Waals surface area (Å²) in [6.07, 6.45) is 3.90. The molecule has 0 radical (unpaired) electrons. The number of benzene rings is 2. The topological polar surface area (TPSA) is 102 Å². The number of halogens is 2. The molecule has 2 unspecified atom stereocenters. The van der Waals surface area contributed by atoms with Crippen LogP contribution in [-0.2, 0) is 32.4 Å². The molecule has 3 aliphatic rings. The van der Waals surface area contributed by atoms with Gasteiger partial charge in [0, 0.05) is 44.1 Å². The monoisotopic (exact) mass is 575 g/mol. The molecule has 3 aliphatic heterocycles. The van der Waals surface area contributed by atoms with Gasteiger partial charge in [0.2, 0.25) is 10.0 Å². The van der Waals surface area contributed by atoms with Crippen LogP contribution in [-0.4, -0.2) is 68.7 Å². The van der Waals surface area contributed by atoms with E-state index in [0.29, 0.717) is 56.7 Å². The van der Waals surface area contributed by atoms with Gasteiger partial charge < -0.3 is 15.8 Å². The molecule has 2 aromatic carbocycles. The van der Waals surface area contributed by atoms with E-state index < -0.39 is 21.9 Å². The predicted octanol–water partition coefficient (Wildman–Crippen LogP) is 3.31. The minimum Gasteiger partial charge on any atom is -0.381 e. The lowest BCUT2D eigenvalue weighted by Crippen LogP contribution is -2.57. The third kappa shape index (κ3) is 6.62. The van der Waals surface area contributed by atoms with Crippen LogP contribution in [0.1, 0.15) is 54.7 Å². The molecule has 5 rings (SSSR count). The molecule has 3 saturated heterocycles. The van der Waals surface area contributed by atoms with Gasteiger partial charge in [-0.3, -0.25) is 4.79 Å². The Balaban J connectivity index is 1.32. The van der Waals surface area contributed by atoms with Gasteiger partial charge in [0.15, 0.2) is 5.78 Å². The molecule has 0 saturated carbocycles. The van der Waals surface area contributed by atoms with Gasteiger partial charge in [-0.15, -0.1) is 0 Å². The summed E-state index contributed by atoms with van der Waals surface area (Å²) in [5.41, 5.74) is 8.40. The fraction of sp³-hybridized carbons (Fsp3) is 0.567.